The normalized spacial score (nSPS) is 31.9. The quantitative estimate of drug-likeness (QED) is 0.870. The van der Waals surface area contributed by atoms with E-state index in [1.54, 1.807) is 7.11 Å². The lowest BCUT2D eigenvalue weighted by Gasteiger charge is -2.47. The lowest BCUT2D eigenvalue weighted by molar-refractivity contribution is -0.374. The van der Waals surface area contributed by atoms with Crippen LogP contribution in [0.15, 0.2) is 60.7 Å². The van der Waals surface area contributed by atoms with Gasteiger partial charge in [0, 0.05) is 18.2 Å². The third kappa shape index (κ3) is 3.91. The van der Waals surface area contributed by atoms with Crippen LogP contribution in [-0.4, -0.2) is 49.8 Å². The van der Waals surface area contributed by atoms with Crippen LogP contribution in [0.25, 0.3) is 0 Å². The Bertz CT molecular complexity index is 705. The molecule has 144 valence electrons. The first-order valence-corrected chi connectivity index (χ1v) is 9.11. The van der Waals surface area contributed by atoms with Gasteiger partial charge in [0.05, 0.1) is 13.2 Å². The molecule has 2 aliphatic rings. The van der Waals surface area contributed by atoms with Crippen LogP contribution in [0, 0.1) is 0 Å². The first-order valence-electron chi connectivity index (χ1n) is 9.11. The van der Waals surface area contributed by atoms with Crippen molar-refractivity contribution in [2.24, 2.45) is 0 Å². The molecule has 2 aromatic rings. The van der Waals surface area contributed by atoms with Crippen molar-refractivity contribution in [2.45, 2.75) is 37.0 Å². The molecule has 2 heterocycles. The largest absolute Gasteiger partial charge is 0.394 e. The van der Waals surface area contributed by atoms with Crippen molar-refractivity contribution in [3.63, 3.8) is 0 Å². The number of hydrogen-bond donors (Lipinski definition) is 1. The number of hydrogen-bond acceptors (Lipinski definition) is 6. The van der Waals surface area contributed by atoms with Gasteiger partial charge in [0.15, 0.2) is 12.6 Å². The standard InChI is InChI=1S/C21H24O6/c1-23-16(12-22)18-19-17(25-21(27-18)15-10-6-3-7-11-15)13-24-20(26-19)14-8-4-2-5-9-14/h2-11,16-22H,12-13H2,1H3/t16-,17+,18-,19-,20?,21?/m1/s1. The minimum absolute atomic E-state index is 0.174. The molecule has 0 aromatic heterocycles. The summed E-state index contributed by atoms with van der Waals surface area (Å²) in [6.07, 6.45) is -2.82. The number of benzene rings is 2. The molecule has 4 rings (SSSR count). The van der Waals surface area contributed by atoms with Crippen LogP contribution >= 0.6 is 0 Å². The molecule has 2 fully saturated rings. The minimum Gasteiger partial charge on any atom is -0.394 e. The highest BCUT2D eigenvalue weighted by Gasteiger charge is 2.48. The average molecular weight is 372 g/mol. The molecule has 2 aromatic carbocycles. The van der Waals surface area contributed by atoms with Gasteiger partial charge in [-0.2, -0.15) is 0 Å². The summed E-state index contributed by atoms with van der Waals surface area (Å²) in [5.41, 5.74) is 1.83. The molecule has 0 saturated carbocycles. The van der Waals surface area contributed by atoms with E-state index in [0.29, 0.717) is 6.61 Å². The molecule has 0 radical (unpaired) electrons. The fourth-order valence-corrected chi connectivity index (χ4v) is 3.53. The summed E-state index contributed by atoms with van der Waals surface area (Å²) < 4.78 is 29.9. The van der Waals surface area contributed by atoms with E-state index < -0.39 is 30.9 Å². The van der Waals surface area contributed by atoms with Crippen molar-refractivity contribution in [1.29, 1.82) is 0 Å². The zero-order valence-corrected chi connectivity index (χ0v) is 15.1. The van der Waals surface area contributed by atoms with E-state index in [4.69, 9.17) is 23.7 Å². The number of aliphatic hydroxyl groups excluding tert-OH is 1. The van der Waals surface area contributed by atoms with E-state index in [9.17, 15) is 5.11 Å². The average Bonchev–Trinajstić information content (AvgIpc) is 2.75. The molecule has 6 heteroatoms. The zero-order chi connectivity index (χ0) is 18.6. The molecule has 0 aliphatic carbocycles. The van der Waals surface area contributed by atoms with Crippen LogP contribution in [0.3, 0.4) is 0 Å². The van der Waals surface area contributed by atoms with E-state index in [1.807, 2.05) is 60.7 Å². The molecular formula is C21H24O6. The summed E-state index contributed by atoms with van der Waals surface area (Å²) in [6, 6.07) is 19.4. The maximum Gasteiger partial charge on any atom is 0.184 e. The summed E-state index contributed by atoms with van der Waals surface area (Å²) in [7, 11) is 1.56. The Hall–Kier alpha value is -1.80. The van der Waals surface area contributed by atoms with Gasteiger partial charge in [-0.3, -0.25) is 0 Å². The van der Waals surface area contributed by atoms with E-state index in [2.05, 4.69) is 0 Å². The molecule has 2 unspecified atom stereocenters. The summed E-state index contributed by atoms with van der Waals surface area (Å²) >= 11 is 0. The second-order valence-corrected chi connectivity index (χ2v) is 6.65. The van der Waals surface area contributed by atoms with Gasteiger partial charge in [-0.1, -0.05) is 60.7 Å². The fourth-order valence-electron chi connectivity index (χ4n) is 3.53. The second-order valence-electron chi connectivity index (χ2n) is 6.65. The first-order chi connectivity index (χ1) is 13.3. The lowest BCUT2D eigenvalue weighted by atomic mass is 9.99. The van der Waals surface area contributed by atoms with Crippen molar-refractivity contribution < 1.29 is 28.8 Å². The summed E-state index contributed by atoms with van der Waals surface area (Å²) in [5.74, 6) is 0. The Kier molecular flexibility index (Phi) is 5.83. The monoisotopic (exact) mass is 372 g/mol. The maximum absolute atomic E-state index is 9.78. The Morgan fingerprint density at radius 1 is 0.926 bits per heavy atom. The van der Waals surface area contributed by atoms with Gasteiger partial charge in [-0.25, -0.2) is 0 Å². The molecule has 6 nitrogen and oxygen atoms in total. The number of methoxy groups -OCH3 is 1. The fraction of sp³-hybridized carbons (Fsp3) is 0.429. The highest BCUT2D eigenvalue weighted by Crippen LogP contribution is 2.39. The van der Waals surface area contributed by atoms with Crippen LogP contribution in [0.1, 0.15) is 23.7 Å². The third-order valence-corrected chi connectivity index (χ3v) is 4.95. The van der Waals surface area contributed by atoms with Crippen molar-refractivity contribution >= 4 is 0 Å². The Morgan fingerprint density at radius 2 is 1.56 bits per heavy atom. The smallest absolute Gasteiger partial charge is 0.184 e. The third-order valence-electron chi connectivity index (χ3n) is 4.95. The highest BCUT2D eigenvalue weighted by molar-refractivity contribution is 5.18. The van der Waals surface area contributed by atoms with Gasteiger partial charge in [0.25, 0.3) is 0 Å². The predicted octanol–water partition coefficient (Wildman–Crippen LogP) is 2.59. The molecule has 1 N–H and O–H groups in total. The van der Waals surface area contributed by atoms with Crippen LogP contribution < -0.4 is 0 Å². The Labute approximate surface area is 158 Å². The van der Waals surface area contributed by atoms with Gasteiger partial charge in [-0.05, 0) is 0 Å². The zero-order valence-electron chi connectivity index (χ0n) is 15.1. The van der Waals surface area contributed by atoms with E-state index >= 15 is 0 Å². The van der Waals surface area contributed by atoms with E-state index in [0.717, 1.165) is 11.1 Å². The topological polar surface area (TPSA) is 66.4 Å². The summed E-state index contributed by atoms with van der Waals surface area (Å²) in [4.78, 5) is 0. The SMILES string of the molecule is CO[C@H](CO)[C@H]1OC(c2ccccc2)O[C@H]2COC(c3ccccc3)O[C@@H]12. The number of ether oxygens (including phenoxy) is 5. The summed E-state index contributed by atoms with van der Waals surface area (Å²) in [5, 5.41) is 9.78. The van der Waals surface area contributed by atoms with Gasteiger partial charge < -0.3 is 28.8 Å². The number of aliphatic hydroxyl groups is 1. The van der Waals surface area contributed by atoms with Gasteiger partial charge in [-0.15, -0.1) is 0 Å². The molecule has 2 saturated heterocycles. The van der Waals surface area contributed by atoms with Crippen LogP contribution in [0.4, 0.5) is 0 Å². The van der Waals surface area contributed by atoms with E-state index in [-0.39, 0.29) is 12.7 Å². The van der Waals surface area contributed by atoms with Gasteiger partial charge >= 0.3 is 0 Å². The van der Waals surface area contributed by atoms with Crippen molar-refractivity contribution in [2.75, 3.05) is 20.3 Å². The molecule has 27 heavy (non-hydrogen) atoms. The first kappa shape index (κ1) is 18.6. The molecule has 6 atom stereocenters. The molecular weight excluding hydrogens is 348 g/mol. The predicted molar refractivity (Wildman–Crippen MR) is 96.8 cm³/mol. The minimum atomic E-state index is -0.567. The van der Waals surface area contributed by atoms with Crippen molar-refractivity contribution in [1.82, 2.24) is 0 Å². The molecule has 0 bridgehead atoms. The second kappa shape index (κ2) is 8.48. The molecule has 0 amide bonds. The maximum atomic E-state index is 9.78. The van der Waals surface area contributed by atoms with Crippen molar-refractivity contribution in [3.05, 3.63) is 71.8 Å². The number of fused-ring (bicyclic) bond motifs is 1. The summed E-state index contributed by atoms with van der Waals surface area (Å²) in [6.45, 7) is 0.196. The van der Waals surface area contributed by atoms with Crippen LogP contribution in [-0.2, 0) is 23.7 Å². The lowest BCUT2D eigenvalue weighted by Crippen LogP contribution is -2.58. The highest BCUT2D eigenvalue weighted by atomic mass is 16.8. The molecule has 0 spiro atoms. The van der Waals surface area contributed by atoms with E-state index in [1.165, 1.54) is 0 Å². The van der Waals surface area contributed by atoms with Crippen LogP contribution in [0.2, 0.25) is 0 Å². The molecule has 2 aliphatic heterocycles. The number of rotatable bonds is 5. The van der Waals surface area contributed by atoms with Crippen LogP contribution in [0.5, 0.6) is 0 Å². The Balaban J connectivity index is 1.58. The van der Waals surface area contributed by atoms with Gasteiger partial charge in [0.2, 0.25) is 0 Å². The Morgan fingerprint density at radius 3 is 2.15 bits per heavy atom. The van der Waals surface area contributed by atoms with Crippen molar-refractivity contribution in [3.8, 4) is 0 Å². The van der Waals surface area contributed by atoms with Gasteiger partial charge in [0.1, 0.15) is 24.4 Å².